The van der Waals surface area contributed by atoms with Crippen LogP contribution in [0.5, 0.6) is 0 Å². The molecule has 2 bridgehead atoms. The molecule has 0 saturated carbocycles. The smallest absolute Gasteiger partial charge is 0.255 e. The number of hydrogen-bond acceptors (Lipinski definition) is 4. The highest BCUT2D eigenvalue weighted by Crippen LogP contribution is 2.32. The number of hydrogen-bond donors (Lipinski definition) is 1. The van der Waals surface area contributed by atoms with Gasteiger partial charge in [0.25, 0.3) is 5.91 Å². The van der Waals surface area contributed by atoms with Crippen LogP contribution in [0.4, 0.5) is 4.39 Å². The minimum absolute atomic E-state index is 0.0773. The number of amides is 1. The molecular weight excluding hydrogens is 429 g/mol. The molecule has 3 aliphatic rings. The fourth-order valence-corrected chi connectivity index (χ4v) is 5.36. The molecule has 0 spiro atoms. The first-order chi connectivity index (χ1) is 16.6. The summed E-state index contributed by atoms with van der Waals surface area (Å²) in [7, 11) is 0. The van der Waals surface area contributed by atoms with Crippen molar-refractivity contribution < 1.29 is 9.18 Å². The predicted molar refractivity (Wildman–Crippen MR) is 129 cm³/mol. The molecule has 3 saturated heterocycles. The van der Waals surface area contributed by atoms with Gasteiger partial charge in [0.15, 0.2) is 0 Å². The molecule has 3 aliphatic heterocycles. The van der Waals surface area contributed by atoms with Crippen molar-refractivity contribution in [2.75, 3.05) is 19.6 Å². The van der Waals surface area contributed by atoms with Crippen molar-refractivity contribution in [3.05, 3.63) is 78.0 Å². The number of piperidine rings is 3. The molecule has 1 N–H and O–H groups in total. The number of fused-ring (bicyclic) bond motifs is 4. The van der Waals surface area contributed by atoms with Gasteiger partial charge in [-0.05, 0) is 86.3 Å². The molecule has 3 aromatic heterocycles. The largest absolute Gasteiger partial charge is 0.348 e. The zero-order chi connectivity index (χ0) is 23.2. The van der Waals surface area contributed by atoms with Crippen LogP contribution in [0, 0.1) is 18.7 Å². The van der Waals surface area contributed by atoms with Crippen molar-refractivity contribution in [2.24, 2.45) is 5.92 Å². The highest BCUT2D eigenvalue weighted by Gasteiger charge is 2.35. The second-order valence-corrected chi connectivity index (χ2v) is 9.38. The summed E-state index contributed by atoms with van der Waals surface area (Å²) in [6, 6.07) is 13.1. The van der Waals surface area contributed by atoms with Crippen LogP contribution in [0.2, 0.25) is 0 Å². The van der Waals surface area contributed by atoms with Gasteiger partial charge in [-0.1, -0.05) is 6.07 Å². The summed E-state index contributed by atoms with van der Waals surface area (Å²) in [4.78, 5) is 20.3. The Hall–Kier alpha value is -3.58. The van der Waals surface area contributed by atoms with E-state index in [0.717, 1.165) is 60.4 Å². The Kier molecular flexibility index (Phi) is 5.14. The fourth-order valence-electron chi connectivity index (χ4n) is 5.36. The average Bonchev–Trinajstić information content (AvgIpc) is 3.30. The summed E-state index contributed by atoms with van der Waals surface area (Å²) in [5.74, 6) is 0.246. The maximum absolute atomic E-state index is 13.8. The van der Waals surface area contributed by atoms with Gasteiger partial charge >= 0.3 is 0 Å². The first kappa shape index (κ1) is 21.0. The number of rotatable bonds is 4. The lowest BCUT2D eigenvalue weighted by atomic mass is 9.84. The first-order valence-electron chi connectivity index (χ1n) is 11.8. The van der Waals surface area contributed by atoms with Gasteiger partial charge in [-0.25, -0.2) is 8.91 Å². The van der Waals surface area contributed by atoms with E-state index in [-0.39, 0.29) is 17.8 Å². The van der Waals surface area contributed by atoms with Crippen molar-refractivity contribution in [1.82, 2.24) is 24.8 Å². The van der Waals surface area contributed by atoms with Crippen LogP contribution < -0.4 is 5.32 Å². The highest BCUT2D eigenvalue weighted by atomic mass is 19.1. The summed E-state index contributed by atoms with van der Waals surface area (Å²) in [5, 5.41) is 7.68. The minimum Gasteiger partial charge on any atom is -0.348 e. The Morgan fingerprint density at radius 1 is 1.12 bits per heavy atom. The lowest BCUT2D eigenvalue weighted by Crippen LogP contribution is -2.57. The molecular formula is C27H26FN5O. The molecule has 3 fully saturated rings. The Balaban J connectivity index is 1.35. The van der Waals surface area contributed by atoms with Crippen LogP contribution in [-0.4, -0.2) is 51.1 Å². The third-order valence-corrected chi connectivity index (χ3v) is 7.29. The molecule has 0 radical (unpaired) electrons. The summed E-state index contributed by atoms with van der Waals surface area (Å²) in [6.45, 7) is 4.95. The maximum Gasteiger partial charge on any atom is 0.255 e. The number of nitrogens with zero attached hydrogens (tertiary/aromatic N) is 4. The summed E-state index contributed by atoms with van der Waals surface area (Å²) < 4.78 is 15.6. The number of carbonyl (C=O) groups is 1. The maximum atomic E-state index is 13.8. The van der Waals surface area contributed by atoms with Crippen LogP contribution in [0.1, 0.15) is 28.8 Å². The van der Waals surface area contributed by atoms with Gasteiger partial charge < -0.3 is 10.2 Å². The molecule has 34 heavy (non-hydrogen) atoms. The zero-order valence-corrected chi connectivity index (χ0v) is 19.0. The van der Waals surface area contributed by atoms with E-state index in [1.165, 1.54) is 6.07 Å². The number of nitrogens with one attached hydrogen (secondary N) is 1. The van der Waals surface area contributed by atoms with Crippen LogP contribution in [0.15, 0.2) is 61.1 Å². The minimum atomic E-state index is -0.236. The average molecular weight is 456 g/mol. The second kappa shape index (κ2) is 8.33. The van der Waals surface area contributed by atoms with Crippen molar-refractivity contribution >= 4 is 11.4 Å². The molecule has 6 nitrogen and oxygen atoms in total. The first-order valence-corrected chi connectivity index (χ1v) is 11.8. The van der Waals surface area contributed by atoms with Gasteiger partial charge in [-0.3, -0.25) is 9.78 Å². The number of benzene rings is 1. The van der Waals surface area contributed by atoms with Crippen LogP contribution >= 0.6 is 0 Å². The van der Waals surface area contributed by atoms with Crippen molar-refractivity contribution in [1.29, 1.82) is 0 Å². The topological polar surface area (TPSA) is 62.5 Å². The van der Waals surface area contributed by atoms with Crippen LogP contribution in [0.25, 0.3) is 27.9 Å². The van der Waals surface area contributed by atoms with Crippen molar-refractivity contribution in [3.63, 3.8) is 0 Å². The standard InChI is InChI=1S/C27H26FN5O/c1-17-13-20(4-5-23(17)28)26-21(3-2-9-29-26)19-8-12-33-25(14-19)22(15-30-33)27(34)31-24-16-32-10-6-18(24)7-11-32/h2-5,8-9,12-15,18,24H,6-7,10-11,16H2,1H3,(H,31,34). The van der Waals surface area contributed by atoms with E-state index < -0.39 is 0 Å². The number of carbonyl (C=O) groups excluding carboxylic acids is 1. The van der Waals surface area contributed by atoms with Gasteiger partial charge in [0, 0.05) is 36.1 Å². The number of pyridine rings is 2. The lowest BCUT2D eigenvalue weighted by molar-refractivity contribution is 0.0621. The zero-order valence-electron chi connectivity index (χ0n) is 19.0. The summed E-state index contributed by atoms with van der Waals surface area (Å²) in [6.07, 6.45) is 7.54. The molecule has 0 aliphatic carbocycles. The van der Waals surface area contributed by atoms with Crippen molar-refractivity contribution in [3.8, 4) is 22.4 Å². The second-order valence-electron chi connectivity index (χ2n) is 9.38. The van der Waals surface area contributed by atoms with Gasteiger partial charge in [0.2, 0.25) is 0 Å². The van der Waals surface area contributed by atoms with Gasteiger partial charge in [-0.15, -0.1) is 0 Å². The van der Waals surface area contributed by atoms with Gasteiger partial charge in [0.05, 0.1) is 23.0 Å². The molecule has 1 amide bonds. The molecule has 7 rings (SSSR count). The monoisotopic (exact) mass is 455 g/mol. The highest BCUT2D eigenvalue weighted by molar-refractivity contribution is 6.01. The van der Waals surface area contributed by atoms with E-state index in [2.05, 4.69) is 20.3 Å². The molecule has 172 valence electrons. The van der Waals surface area contributed by atoms with Gasteiger partial charge in [0.1, 0.15) is 5.82 Å². The van der Waals surface area contributed by atoms with E-state index in [1.807, 2.05) is 36.5 Å². The van der Waals surface area contributed by atoms with E-state index in [0.29, 0.717) is 17.0 Å². The number of aryl methyl sites for hydroxylation is 1. The van der Waals surface area contributed by atoms with E-state index in [1.54, 1.807) is 29.9 Å². The quantitative estimate of drug-likeness (QED) is 0.498. The van der Waals surface area contributed by atoms with E-state index in [4.69, 9.17) is 0 Å². The van der Waals surface area contributed by atoms with Crippen molar-refractivity contribution in [2.45, 2.75) is 25.8 Å². The third kappa shape index (κ3) is 3.66. The van der Waals surface area contributed by atoms with Gasteiger partial charge in [-0.2, -0.15) is 5.10 Å². The lowest BCUT2D eigenvalue weighted by Gasteiger charge is -2.44. The number of aromatic nitrogens is 3. The number of halogens is 1. The van der Waals surface area contributed by atoms with E-state index in [9.17, 15) is 9.18 Å². The molecule has 4 aromatic rings. The molecule has 7 heteroatoms. The Bertz CT molecular complexity index is 1390. The van der Waals surface area contributed by atoms with E-state index >= 15 is 0 Å². The Morgan fingerprint density at radius 3 is 2.74 bits per heavy atom. The summed E-state index contributed by atoms with van der Waals surface area (Å²) in [5.41, 5.74) is 5.36. The van der Waals surface area contributed by atoms with Crippen LogP contribution in [-0.2, 0) is 0 Å². The Labute approximate surface area is 197 Å². The Morgan fingerprint density at radius 2 is 1.97 bits per heavy atom. The third-order valence-electron chi connectivity index (χ3n) is 7.29. The normalized spacial score (nSPS) is 21.6. The SMILES string of the molecule is Cc1cc(-c2ncccc2-c2ccn3ncc(C(=O)NC4CN5CCC4CC5)c3c2)ccc1F. The molecule has 6 heterocycles. The fraction of sp³-hybridized carbons (Fsp3) is 0.296. The summed E-state index contributed by atoms with van der Waals surface area (Å²) >= 11 is 0. The molecule has 1 unspecified atom stereocenters. The van der Waals surface area contributed by atoms with Crippen LogP contribution in [0.3, 0.4) is 0 Å². The molecule has 1 atom stereocenters. The predicted octanol–water partition coefficient (Wildman–Crippen LogP) is 4.33. The molecule has 1 aromatic carbocycles.